The Labute approximate surface area is 116 Å². The molecular weight excluding hydrogens is 240 g/mol. The first-order valence-electron chi connectivity index (χ1n) is 7.65. The zero-order valence-corrected chi connectivity index (χ0v) is 12.6. The average Bonchev–Trinajstić information content (AvgIpc) is 2.38. The summed E-state index contributed by atoms with van der Waals surface area (Å²) in [7, 11) is 0. The van der Waals surface area contributed by atoms with Gasteiger partial charge in [0, 0.05) is 58.4 Å². The molecule has 1 N–H and O–H groups in total. The van der Waals surface area contributed by atoms with Gasteiger partial charge in [0.05, 0.1) is 6.04 Å². The molecule has 0 radical (unpaired) electrons. The Kier molecular flexibility index (Phi) is 5.19. The maximum absolute atomic E-state index is 12.3. The van der Waals surface area contributed by atoms with Gasteiger partial charge in [-0.3, -0.25) is 14.6 Å². The Morgan fingerprint density at radius 1 is 1.21 bits per heavy atom. The van der Waals surface area contributed by atoms with Gasteiger partial charge in [-0.1, -0.05) is 0 Å². The molecule has 5 nitrogen and oxygen atoms in total. The van der Waals surface area contributed by atoms with Crippen molar-refractivity contribution < 1.29 is 4.79 Å². The zero-order valence-electron chi connectivity index (χ0n) is 12.6. The van der Waals surface area contributed by atoms with E-state index >= 15 is 0 Å². The molecule has 1 unspecified atom stereocenters. The van der Waals surface area contributed by atoms with E-state index in [2.05, 4.69) is 35.9 Å². The van der Waals surface area contributed by atoms with E-state index in [-0.39, 0.29) is 11.9 Å². The highest BCUT2D eigenvalue weighted by molar-refractivity contribution is 5.81. The summed E-state index contributed by atoms with van der Waals surface area (Å²) in [6.07, 6.45) is 0. The molecular formula is C14H28N4O. The Balaban J connectivity index is 1.81. The SMILES string of the molecule is CCN(CC)C(=O)C(C)N1CCN(C2CNC2)CC1. The van der Waals surface area contributed by atoms with Crippen molar-refractivity contribution in [1.82, 2.24) is 20.0 Å². The Morgan fingerprint density at radius 3 is 2.21 bits per heavy atom. The number of hydrogen-bond donors (Lipinski definition) is 1. The standard InChI is InChI=1S/C14H28N4O/c1-4-16(5-2)14(19)12(3)17-6-8-18(9-7-17)13-10-15-11-13/h12-13,15H,4-11H2,1-3H3. The summed E-state index contributed by atoms with van der Waals surface area (Å²) < 4.78 is 0. The molecule has 2 saturated heterocycles. The van der Waals surface area contributed by atoms with E-state index in [9.17, 15) is 4.79 Å². The number of carbonyl (C=O) groups is 1. The smallest absolute Gasteiger partial charge is 0.239 e. The number of amides is 1. The lowest BCUT2D eigenvalue weighted by Gasteiger charge is -2.44. The van der Waals surface area contributed by atoms with Crippen molar-refractivity contribution in [2.45, 2.75) is 32.9 Å². The van der Waals surface area contributed by atoms with Crippen LogP contribution in [-0.2, 0) is 4.79 Å². The van der Waals surface area contributed by atoms with Crippen LogP contribution < -0.4 is 5.32 Å². The van der Waals surface area contributed by atoms with Crippen LogP contribution in [0, 0.1) is 0 Å². The monoisotopic (exact) mass is 268 g/mol. The van der Waals surface area contributed by atoms with E-state index in [1.165, 1.54) is 0 Å². The average molecular weight is 268 g/mol. The number of rotatable bonds is 5. The van der Waals surface area contributed by atoms with Crippen LogP contribution in [0.25, 0.3) is 0 Å². The lowest BCUT2D eigenvalue weighted by atomic mass is 10.1. The molecule has 0 aromatic heterocycles. The van der Waals surface area contributed by atoms with Crippen molar-refractivity contribution in [2.75, 3.05) is 52.4 Å². The molecule has 5 heteroatoms. The van der Waals surface area contributed by atoms with Crippen molar-refractivity contribution in [3.63, 3.8) is 0 Å². The molecule has 2 heterocycles. The molecule has 2 aliphatic rings. The van der Waals surface area contributed by atoms with Gasteiger partial charge in [-0.15, -0.1) is 0 Å². The maximum Gasteiger partial charge on any atom is 0.239 e. The predicted octanol–water partition coefficient (Wildman–Crippen LogP) is -0.167. The van der Waals surface area contributed by atoms with Crippen molar-refractivity contribution >= 4 is 5.91 Å². The fourth-order valence-electron chi connectivity index (χ4n) is 2.98. The fourth-order valence-corrected chi connectivity index (χ4v) is 2.98. The molecule has 1 amide bonds. The summed E-state index contributed by atoms with van der Waals surface area (Å²) in [6.45, 7) is 14.3. The van der Waals surface area contributed by atoms with Gasteiger partial charge in [0.1, 0.15) is 0 Å². The third-order valence-corrected chi connectivity index (χ3v) is 4.61. The van der Waals surface area contributed by atoms with E-state index < -0.39 is 0 Å². The molecule has 2 rings (SSSR count). The lowest BCUT2D eigenvalue weighted by Crippen LogP contribution is -2.63. The van der Waals surface area contributed by atoms with Crippen LogP contribution in [0.5, 0.6) is 0 Å². The number of piperazine rings is 1. The molecule has 110 valence electrons. The molecule has 2 fully saturated rings. The molecule has 19 heavy (non-hydrogen) atoms. The zero-order chi connectivity index (χ0) is 13.8. The normalized spacial score (nSPS) is 23.9. The summed E-state index contributed by atoms with van der Waals surface area (Å²) >= 11 is 0. The first-order chi connectivity index (χ1) is 9.17. The van der Waals surface area contributed by atoms with Gasteiger partial charge >= 0.3 is 0 Å². The number of hydrogen-bond acceptors (Lipinski definition) is 4. The van der Waals surface area contributed by atoms with Gasteiger partial charge in [0.25, 0.3) is 0 Å². The highest BCUT2D eigenvalue weighted by atomic mass is 16.2. The van der Waals surface area contributed by atoms with E-state index in [4.69, 9.17) is 0 Å². The van der Waals surface area contributed by atoms with Crippen molar-refractivity contribution in [2.24, 2.45) is 0 Å². The second kappa shape index (κ2) is 6.68. The first kappa shape index (κ1) is 14.8. The summed E-state index contributed by atoms with van der Waals surface area (Å²) in [5.41, 5.74) is 0. The topological polar surface area (TPSA) is 38.8 Å². The van der Waals surface area contributed by atoms with E-state index in [1.54, 1.807) is 0 Å². The molecule has 0 aromatic rings. The molecule has 0 spiro atoms. The number of likely N-dealkylation sites (N-methyl/N-ethyl adjacent to an activating group) is 1. The summed E-state index contributed by atoms with van der Waals surface area (Å²) in [5.74, 6) is 0.281. The Bertz CT molecular complexity index is 294. The van der Waals surface area contributed by atoms with Crippen molar-refractivity contribution in [3.8, 4) is 0 Å². The summed E-state index contributed by atoms with van der Waals surface area (Å²) in [6, 6.07) is 0.762. The molecule has 0 aromatic carbocycles. The second-order valence-electron chi connectivity index (χ2n) is 5.57. The Hall–Kier alpha value is -0.650. The van der Waals surface area contributed by atoms with Crippen LogP contribution in [0.4, 0.5) is 0 Å². The minimum atomic E-state index is 0.0292. The van der Waals surface area contributed by atoms with Gasteiger partial charge in [-0.25, -0.2) is 0 Å². The van der Waals surface area contributed by atoms with Crippen LogP contribution in [0.2, 0.25) is 0 Å². The molecule has 0 bridgehead atoms. The number of nitrogens with one attached hydrogen (secondary N) is 1. The van der Waals surface area contributed by atoms with Gasteiger partial charge < -0.3 is 10.2 Å². The quantitative estimate of drug-likeness (QED) is 0.752. The largest absolute Gasteiger partial charge is 0.342 e. The van der Waals surface area contributed by atoms with Crippen molar-refractivity contribution in [1.29, 1.82) is 0 Å². The van der Waals surface area contributed by atoms with Crippen molar-refractivity contribution in [3.05, 3.63) is 0 Å². The summed E-state index contributed by atoms with van der Waals surface area (Å²) in [4.78, 5) is 19.2. The maximum atomic E-state index is 12.3. The van der Waals surface area contributed by atoms with E-state index in [0.717, 1.165) is 58.4 Å². The molecule has 0 saturated carbocycles. The van der Waals surface area contributed by atoms with E-state index in [0.29, 0.717) is 0 Å². The third-order valence-electron chi connectivity index (χ3n) is 4.61. The van der Waals surface area contributed by atoms with Crippen LogP contribution >= 0.6 is 0 Å². The van der Waals surface area contributed by atoms with Crippen LogP contribution in [0.3, 0.4) is 0 Å². The van der Waals surface area contributed by atoms with E-state index in [1.807, 2.05) is 4.90 Å². The Morgan fingerprint density at radius 2 is 1.79 bits per heavy atom. The van der Waals surface area contributed by atoms with Crippen LogP contribution in [0.1, 0.15) is 20.8 Å². The third kappa shape index (κ3) is 3.27. The first-order valence-corrected chi connectivity index (χ1v) is 7.65. The van der Waals surface area contributed by atoms with Gasteiger partial charge in [0.2, 0.25) is 5.91 Å². The molecule has 1 atom stereocenters. The highest BCUT2D eigenvalue weighted by Crippen LogP contribution is 2.13. The minimum absolute atomic E-state index is 0.0292. The summed E-state index contributed by atoms with van der Waals surface area (Å²) in [5, 5.41) is 3.32. The van der Waals surface area contributed by atoms with Crippen LogP contribution in [-0.4, -0.2) is 85.0 Å². The second-order valence-corrected chi connectivity index (χ2v) is 5.57. The van der Waals surface area contributed by atoms with Gasteiger partial charge in [-0.05, 0) is 20.8 Å². The van der Waals surface area contributed by atoms with Gasteiger partial charge in [0.15, 0.2) is 0 Å². The minimum Gasteiger partial charge on any atom is -0.342 e. The predicted molar refractivity (Wildman–Crippen MR) is 77.2 cm³/mol. The lowest BCUT2D eigenvalue weighted by molar-refractivity contribution is -0.136. The highest BCUT2D eigenvalue weighted by Gasteiger charge is 2.31. The van der Waals surface area contributed by atoms with Crippen LogP contribution in [0.15, 0.2) is 0 Å². The van der Waals surface area contributed by atoms with Gasteiger partial charge in [-0.2, -0.15) is 0 Å². The molecule has 2 aliphatic heterocycles. The molecule has 0 aliphatic carbocycles. The number of carbonyl (C=O) groups excluding carboxylic acids is 1. The fraction of sp³-hybridized carbons (Fsp3) is 0.929. The number of nitrogens with zero attached hydrogens (tertiary/aromatic N) is 3.